The van der Waals surface area contributed by atoms with E-state index >= 15 is 0 Å². The summed E-state index contributed by atoms with van der Waals surface area (Å²) in [5.41, 5.74) is 10.8. The van der Waals surface area contributed by atoms with Crippen molar-refractivity contribution in [1.82, 2.24) is 14.5 Å². The summed E-state index contributed by atoms with van der Waals surface area (Å²) < 4.78 is 8.97. The Morgan fingerprint density at radius 1 is 0.455 bits per heavy atom. The lowest BCUT2D eigenvalue weighted by Crippen LogP contribution is -1.94. The van der Waals surface area contributed by atoms with E-state index in [1.54, 1.807) is 0 Å². The first-order chi connectivity index (χ1) is 21.8. The van der Waals surface area contributed by atoms with Gasteiger partial charge in [-0.05, 0) is 41.5 Å². The highest BCUT2D eigenvalue weighted by atomic mass is 16.3. The second-order valence-electron chi connectivity index (χ2n) is 11.0. The Kier molecular flexibility index (Phi) is 5.47. The molecule has 206 valence electrons. The molecular formula is C40H25N3O. The molecule has 0 amide bonds. The van der Waals surface area contributed by atoms with Crippen molar-refractivity contribution < 1.29 is 4.42 Å². The standard InChI is InChI=1S/C40H25N3O/c1-4-12-26(13-5-1)27-20-22-29(23-21-27)40-41-37(28-14-6-2-7-15-28)39-38(42-40)33-24-35-32(25-36(33)44-39)31-18-10-11-19-34(31)43(35)30-16-8-3-9-17-30/h1-25H. The minimum absolute atomic E-state index is 0.669. The summed E-state index contributed by atoms with van der Waals surface area (Å²) >= 11 is 0. The number of benzene rings is 6. The molecule has 4 nitrogen and oxygen atoms in total. The monoisotopic (exact) mass is 563 g/mol. The van der Waals surface area contributed by atoms with Gasteiger partial charge >= 0.3 is 0 Å². The first-order valence-electron chi connectivity index (χ1n) is 14.8. The van der Waals surface area contributed by atoms with Gasteiger partial charge in [-0.15, -0.1) is 0 Å². The molecule has 4 heteroatoms. The second-order valence-corrected chi connectivity index (χ2v) is 11.0. The van der Waals surface area contributed by atoms with E-state index in [1.807, 2.05) is 24.3 Å². The molecule has 0 fully saturated rings. The molecule has 6 aromatic carbocycles. The van der Waals surface area contributed by atoms with Crippen molar-refractivity contribution in [1.29, 1.82) is 0 Å². The zero-order valence-corrected chi connectivity index (χ0v) is 23.7. The minimum Gasteiger partial charge on any atom is -0.452 e. The van der Waals surface area contributed by atoms with Gasteiger partial charge in [-0.3, -0.25) is 0 Å². The van der Waals surface area contributed by atoms with Gasteiger partial charge in [0.2, 0.25) is 0 Å². The Morgan fingerprint density at radius 2 is 1.07 bits per heavy atom. The molecule has 0 radical (unpaired) electrons. The highest BCUT2D eigenvalue weighted by molar-refractivity contribution is 6.17. The van der Waals surface area contributed by atoms with Crippen molar-refractivity contribution in [2.75, 3.05) is 0 Å². The van der Waals surface area contributed by atoms with Crippen molar-refractivity contribution in [3.63, 3.8) is 0 Å². The molecule has 3 heterocycles. The summed E-state index contributed by atoms with van der Waals surface area (Å²) in [4.78, 5) is 10.3. The van der Waals surface area contributed by atoms with E-state index < -0.39 is 0 Å². The van der Waals surface area contributed by atoms with E-state index in [2.05, 4.69) is 132 Å². The van der Waals surface area contributed by atoms with E-state index in [0.717, 1.165) is 61.0 Å². The highest BCUT2D eigenvalue weighted by Gasteiger charge is 2.21. The number of fused-ring (bicyclic) bond motifs is 6. The van der Waals surface area contributed by atoms with Crippen molar-refractivity contribution in [3.8, 4) is 39.5 Å². The maximum Gasteiger partial charge on any atom is 0.180 e. The van der Waals surface area contributed by atoms with Gasteiger partial charge in [0.1, 0.15) is 16.8 Å². The topological polar surface area (TPSA) is 43.9 Å². The molecule has 9 aromatic rings. The van der Waals surface area contributed by atoms with Crippen LogP contribution in [0.25, 0.3) is 83.3 Å². The molecule has 0 aliphatic rings. The Morgan fingerprint density at radius 3 is 1.82 bits per heavy atom. The smallest absolute Gasteiger partial charge is 0.180 e. The van der Waals surface area contributed by atoms with Crippen LogP contribution in [0.4, 0.5) is 0 Å². The van der Waals surface area contributed by atoms with Crippen LogP contribution in [0.1, 0.15) is 0 Å². The third kappa shape index (κ3) is 3.85. The Labute approximate surface area is 253 Å². The lowest BCUT2D eigenvalue weighted by molar-refractivity contribution is 0.668. The molecule has 0 saturated carbocycles. The third-order valence-electron chi connectivity index (χ3n) is 8.42. The molecule has 0 atom stereocenters. The SMILES string of the molecule is c1ccc(-c2ccc(-c3nc(-c4ccccc4)c4oc5cc6c7ccccc7n(-c7ccccc7)c6cc5c4n3)cc2)cc1. The number of aromatic nitrogens is 3. The van der Waals surface area contributed by atoms with Crippen molar-refractivity contribution >= 4 is 43.9 Å². The van der Waals surface area contributed by atoms with E-state index in [0.29, 0.717) is 11.4 Å². The number of hydrogen-bond acceptors (Lipinski definition) is 3. The molecule has 0 unspecified atom stereocenters. The summed E-state index contributed by atoms with van der Waals surface area (Å²) in [6.45, 7) is 0. The Bertz CT molecular complexity index is 2460. The second kappa shape index (κ2) is 9.79. The van der Waals surface area contributed by atoms with Gasteiger partial charge in [-0.2, -0.15) is 0 Å². The molecule has 0 aliphatic carbocycles. The molecule has 0 bridgehead atoms. The fourth-order valence-corrected chi connectivity index (χ4v) is 6.32. The van der Waals surface area contributed by atoms with Gasteiger partial charge in [0, 0.05) is 33.0 Å². The number of rotatable bonds is 4. The zero-order valence-electron chi connectivity index (χ0n) is 23.7. The molecule has 3 aromatic heterocycles. The van der Waals surface area contributed by atoms with Crippen LogP contribution in [0.2, 0.25) is 0 Å². The van der Waals surface area contributed by atoms with Gasteiger partial charge in [0.15, 0.2) is 11.4 Å². The van der Waals surface area contributed by atoms with Crippen LogP contribution in [0.3, 0.4) is 0 Å². The Hall–Kier alpha value is -6.00. The van der Waals surface area contributed by atoms with Crippen LogP contribution >= 0.6 is 0 Å². The van der Waals surface area contributed by atoms with E-state index in [4.69, 9.17) is 14.4 Å². The fourth-order valence-electron chi connectivity index (χ4n) is 6.32. The highest BCUT2D eigenvalue weighted by Crippen LogP contribution is 2.40. The maximum absolute atomic E-state index is 6.64. The minimum atomic E-state index is 0.669. The van der Waals surface area contributed by atoms with Crippen molar-refractivity contribution in [3.05, 3.63) is 152 Å². The third-order valence-corrected chi connectivity index (χ3v) is 8.42. The van der Waals surface area contributed by atoms with Gasteiger partial charge in [-0.1, -0.05) is 121 Å². The van der Waals surface area contributed by atoms with E-state index in [1.165, 1.54) is 10.9 Å². The van der Waals surface area contributed by atoms with E-state index in [-0.39, 0.29) is 0 Å². The quantitative estimate of drug-likeness (QED) is 0.214. The van der Waals surface area contributed by atoms with Crippen LogP contribution in [-0.4, -0.2) is 14.5 Å². The van der Waals surface area contributed by atoms with Gasteiger partial charge < -0.3 is 8.98 Å². The molecule has 0 saturated heterocycles. The maximum atomic E-state index is 6.64. The molecular weight excluding hydrogens is 538 g/mol. The molecule has 0 N–H and O–H groups in total. The summed E-state index contributed by atoms with van der Waals surface area (Å²) in [5.74, 6) is 0.669. The first kappa shape index (κ1) is 24.6. The largest absolute Gasteiger partial charge is 0.452 e. The number of hydrogen-bond donors (Lipinski definition) is 0. The molecule has 0 aliphatic heterocycles. The first-order valence-corrected chi connectivity index (χ1v) is 14.8. The van der Waals surface area contributed by atoms with Crippen molar-refractivity contribution in [2.24, 2.45) is 0 Å². The Balaban J connectivity index is 1.32. The lowest BCUT2D eigenvalue weighted by atomic mass is 10.0. The normalized spacial score (nSPS) is 11.6. The van der Waals surface area contributed by atoms with Crippen molar-refractivity contribution in [2.45, 2.75) is 0 Å². The van der Waals surface area contributed by atoms with E-state index in [9.17, 15) is 0 Å². The van der Waals surface area contributed by atoms with Crippen LogP contribution in [0, 0.1) is 0 Å². The zero-order chi connectivity index (χ0) is 29.0. The predicted octanol–water partition coefficient (Wildman–Crippen LogP) is 10.5. The summed E-state index contributed by atoms with van der Waals surface area (Å²) in [6, 6.07) is 52.5. The van der Waals surface area contributed by atoms with Gasteiger partial charge in [-0.25, -0.2) is 9.97 Å². The number of furan rings is 1. The van der Waals surface area contributed by atoms with Crippen LogP contribution in [-0.2, 0) is 0 Å². The molecule has 9 rings (SSSR count). The molecule has 0 spiro atoms. The predicted molar refractivity (Wildman–Crippen MR) is 180 cm³/mol. The summed E-state index contributed by atoms with van der Waals surface area (Å²) in [7, 11) is 0. The van der Waals surface area contributed by atoms with Gasteiger partial charge in [0.25, 0.3) is 0 Å². The van der Waals surface area contributed by atoms with Gasteiger partial charge in [0.05, 0.1) is 11.0 Å². The fraction of sp³-hybridized carbons (Fsp3) is 0. The van der Waals surface area contributed by atoms with Crippen LogP contribution in [0.15, 0.2) is 156 Å². The average Bonchev–Trinajstić information content (AvgIpc) is 3.63. The summed E-state index contributed by atoms with van der Waals surface area (Å²) in [5, 5.41) is 3.29. The summed E-state index contributed by atoms with van der Waals surface area (Å²) in [6.07, 6.45) is 0. The number of nitrogens with zero attached hydrogens (tertiary/aromatic N) is 3. The van der Waals surface area contributed by atoms with Crippen LogP contribution in [0.5, 0.6) is 0 Å². The average molecular weight is 564 g/mol. The number of para-hydroxylation sites is 2. The molecule has 44 heavy (non-hydrogen) atoms. The lowest BCUT2D eigenvalue weighted by Gasteiger charge is -2.08. The van der Waals surface area contributed by atoms with Crippen LogP contribution < -0.4 is 0 Å².